The molecule has 1 unspecified atom stereocenters. The van der Waals surface area contributed by atoms with E-state index >= 15 is 0 Å². The molecule has 0 spiro atoms. The van der Waals surface area contributed by atoms with Gasteiger partial charge in [0.1, 0.15) is 0 Å². The zero-order valence-electron chi connectivity index (χ0n) is 11.0. The quantitative estimate of drug-likeness (QED) is 0.703. The lowest BCUT2D eigenvalue weighted by Gasteiger charge is -2.24. The fourth-order valence-electron chi connectivity index (χ4n) is 2.27. The van der Waals surface area contributed by atoms with E-state index in [0.29, 0.717) is 24.8 Å². The number of carbonyl (C=O) groups is 1. The van der Waals surface area contributed by atoms with Crippen molar-refractivity contribution in [3.05, 3.63) is 0 Å². The Morgan fingerprint density at radius 3 is 2.12 bits per heavy atom. The molecule has 17 heavy (non-hydrogen) atoms. The van der Waals surface area contributed by atoms with Gasteiger partial charge in [0.25, 0.3) is 0 Å². The molecular formula is C14H26N2O. The third-order valence-corrected chi connectivity index (χ3v) is 4.08. The smallest absolute Gasteiger partial charge is 0.222 e. The maximum Gasteiger partial charge on any atom is 0.222 e. The lowest BCUT2D eigenvalue weighted by atomic mass is 10.0. The van der Waals surface area contributed by atoms with Crippen LogP contribution in [0, 0.1) is 17.8 Å². The van der Waals surface area contributed by atoms with E-state index in [-0.39, 0.29) is 0 Å². The minimum atomic E-state index is 0.348. The zero-order valence-corrected chi connectivity index (χ0v) is 11.0. The molecule has 2 N–H and O–H groups in total. The van der Waals surface area contributed by atoms with Gasteiger partial charge in [0.05, 0.1) is 0 Å². The van der Waals surface area contributed by atoms with Crippen LogP contribution in [0.2, 0.25) is 0 Å². The summed E-state index contributed by atoms with van der Waals surface area (Å²) in [5.74, 6) is 2.33. The summed E-state index contributed by atoms with van der Waals surface area (Å²) in [5, 5.41) is 0. The van der Waals surface area contributed by atoms with Crippen LogP contribution in [0.4, 0.5) is 0 Å². The van der Waals surface area contributed by atoms with Crippen molar-refractivity contribution in [3.63, 3.8) is 0 Å². The van der Waals surface area contributed by atoms with E-state index in [1.807, 2.05) is 0 Å². The first kappa shape index (κ1) is 12.9. The van der Waals surface area contributed by atoms with E-state index in [1.165, 1.54) is 25.7 Å². The number of hydrogen-bond acceptors (Lipinski definition) is 2. The molecule has 2 fully saturated rings. The maximum atomic E-state index is 12.3. The van der Waals surface area contributed by atoms with Crippen molar-refractivity contribution in [3.8, 4) is 0 Å². The van der Waals surface area contributed by atoms with Gasteiger partial charge in [-0.2, -0.15) is 0 Å². The van der Waals surface area contributed by atoms with E-state index in [2.05, 4.69) is 11.8 Å². The number of nitrogens with zero attached hydrogens (tertiary/aromatic N) is 1. The Labute approximate surface area is 105 Å². The predicted octanol–water partition coefficient (Wildman–Crippen LogP) is 2.01. The minimum absolute atomic E-state index is 0.348. The van der Waals surface area contributed by atoms with Gasteiger partial charge in [-0.1, -0.05) is 13.3 Å². The molecule has 2 rings (SSSR count). The predicted molar refractivity (Wildman–Crippen MR) is 69.5 cm³/mol. The largest absolute Gasteiger partial charge is 0.342 e. The van der Waals surface area contributed by atoms with Gasteiger partial charge >= 0.3 is 0 Å². The summed E-state index contributed by atoms with van der Waals surface area (Å²) < 4.78 is 0. The fraction of sp³-hybridized carbons (Fsp3) is 0.929. The molecule has 0 saturated heterocycles. The Balaban J connectivity index is 1.81. The first-order valence-electron chi connectivity index (χ1n) is 7.20. The van der Waals surface area contributed by atoms with Crippen molar-refractivity contribution in [1.29, 1.82) is 0 Å². The summed E-state index contributed by atoms with van der Waals surface area (Å²) in [5.41, 5.74) is 5.69. The molecular weight excluding hydrogens is 212 g/mol. The second-order valence-electron chi connectivity index (χ2n) is 5.90. The molecule has 1 atom stereocenters. The Hall–Kier alpha value is -0.570. The van der Waals surface area contributed by atoms with E-state index in [1.54, 1.807) is 0 Å². The van der Waals surface area contributed by atoms with Gasteiger partial charge in [-0.25, -0.2) is 0 Å². The number of rotatable bonds is 8. The van der Waals surface area contributed by atoms with Gasteiger partial charge in [-0.3, -0.25) is 4.79 Å². The Bertz CT molecular complexity index is 241. The molecule has 2 aliphatic carbocycles. The topological polar surface area (TPSA) is 46.3 Å². The van der Waals surface area contributed by atoms with Crippen molar-refractivity contribution in [1.82, 2.24) is 4.90 Å². The molecule has 3 heteroatoms. The highest BCUT2D eigenvalue weighted by Crippen LogP contribution is 2.34. The third kappa shape index (κ3) is 4.30. The summed E-state index contributed by atoms with van der Waals surface area (Å²) in [6, 6.07) is 0. The van der Waals surface area contributed by atoms with Gasteiger partial charge in [0.2, 0.25) is 5.91 Å². The van der Waals surface area contributed by atoms with E-state index in [9.17, 15) is 4.79 Å². The lowest BCUT2D eigenvalue weighted by Crippen LogP contribution is -2.36. The van der Waals surface area contributed by atoms with Crippen molar-refractivity contribution in [2.24, 2.45) is 23.5 Å². The van der Waals surface area contributed by atoms with Crippen LogP contribution < -0.4 is 5.73 Å². The van der Waals surface area contributed by atoms with Gasteiger partial charge in [-0.15, -0.1) is 0 Å². The highest BCUT2D eigenvalue weighted by atomic mass is 16.2. The second-order valence-corrected chi connectivity index (χ2v) is 5.90. The molecule has 1 amide bonds. The van der Waals surface area contributed by atoms with Crippen LogP contribution in [0.3, 0.4) is 0 Å². The number of nitrogens with two attached hydrogens (primary N) is 1. The molecule has 0 aromatic carbocycles. The zero-order chi connectivity index (χ0) is 12.3. The van der Waals surface area contributed by atoms with Gasteiger partial charge < -0.3 is 10.6 Å². The van der Waals surface area contributed by atoms with Crippen molar-refractivity contribution >= 4 is 5.91 Å². The first-order valence-corrected chi connectivity index (χ1v) is 7.20. The molecule has 0 bridgehead atoms. The highest BCUT2D eigenvalue weighted by molar-refractivity contribution is 5.76. The summed E-state index contributed by atoms with van der Waals surface area (Å²) in [7, 11) is 0. The number of hydrogen-bond donors (Lipinski definition) is 1. The molecule has 0 aliphatic heterocycles. The second kappa shape index (κ2) is 5.85. The van der Waals surface area contributed by atoms with Gasteiger partial charge in [-0.05, 0) is 50.0 Å². The maximum absolute atomic E-state index is 12.3. The number of carbonyl (C=O) groups excluding carboxylic acids is 1. The van der Waals surface area contributed by atoms with E-state index in [4.69, 9.17) is 5.73 Å². The molecule has 98 valence electrons. The Morgan fingerprint density at radius 2 is 1.76 bits per heavy atom. The van der Waals surface area contributed by atoms with Gasteiger partial charge in [0, 0.05) is 19.5 Å². The van der Waals surface area contributed by atoms with Crippen molar-refractivity contribution < 1.29 is 4.79 Å². The Morgan fingerprint density at radius 1 is 1.24 bits per heavy atom. The van der Waals surface area contributed by atoms with Crippen LogP contribution >= 0.6 is 0 Å². The summed E-state index contributed by atoms with van der Waals surface area (Å²) in [6.07, 6.45) is 6.96. The minimum Gasteiger partial charge on any atom is -0.342 e. The average molecular weight is 238 g/mol. The SMILES string of the molecule is CCC(CN)CC(=O)N(CC1CC1)CC1CC1. The summed E-state index contributed by atoms with van der Waals surface area (Å²) >= 11 is 0. The standard InChI is InChI=1S/C14H26N2O/c1-2-11(8-15)7-14(17)16(9-12-3-4-12)10-13-5-6-13/h11-13H,2-10,15H2,1H3. The molecule has 0 radical (unpaired) electrons. The molecule has 2 aliphatic rings. The van der Waals surface area contributed by atoms with Crippen molar-refractivity contribution in [2.75, 3.05) is 19.6 Å². The van der Waals surface area contributed by atoms with Crippen LogP contribution in [0.5, 0.6) is 0 Å². The first-order chi connectivity index (χ1) is 8.22. The Kier molecular flexibility index (Phi) is 4.43. The summed E-state index contributed by atoms with van der Waals surface area (Å²) in [4.78, 5) is 14.4. The van der Waals surface area contributed by atoms with Crippen molar-refractivity contribution in [2.45, 2.75) is 45.4 Å². The van der Waals surface area contributed by atoms with Crippen LogP contribution in [0.15, 0.2) is 0 Å². The van der Waals surface area contributed by atoms with Crippen LogP contribution in [-0.4, -0.2) is 30.4 Å². The molecule has 0 heterocycles. The van der Waals surface area contributed by atoms with Crippen LogP contribution in [-0.2, 0) is 4.79 Å². The third-order valence-electron chi connectivity index (χ3n) is 4.08. The highest BCUT2D eigenvalue weighted by Gasteiger charge is 2.31. The van der Waals surface area contributed by atoms with Crippen LogP contribution in [0.1, 0.15) is 45.4 Å². The molecule has 0 aromatic heterocycles. The number of amides is 1. The average Bonchev–Trinajstić information content (AvgIpc) is 3.18. The summed E-state index contributed by atoms with van der Waals surface area (Å²) in [6.45, 7) is 4.78. The molecule has 3 nitrogen and oxygen atoms in total. The van der Waals surface area contributed by atoms with E-state index < -0.39 is 0 Å². The van der Waals surface area contributed by atoms with E-state index in [0.717, 1.165) is 31.3 Å². The normalized spacial score (nSPS) is 21.3. The van der Waals surface area contributed by atoms with Crippen LogP contribution in [0.25, 0.3) is 0 Å². The molecule has 0 aromatic rings. The van der Waals surface area contributed by atoms with Gasteiger partial charge in [0.15, 0.2) is 0 Å². The lowest BCUT2D eigenvalue weighted by molar-refractivity contribution is -0.132. The molecule has 2 saturated carbocycles. The monoisotopic (exact) mass is 238 g/mol. The fourth-order valence-corrected chi connectivity index (χ4v) is 2.27.